The second kappa shape index (κ2) is 22.2. The van der Waals surface area contributed by atoms with Crippen molar-refractivity contribution in [2.75, 3.05) is 54.5 Å². The van der Waals surface area contributed by atoms with Crippen molar-refractivity contribution in [2.24, 2.45) is 25.9 Å². The summed E-state index contributed by atoms with van der Waals surface area (Å²) in [6.07, 6.45) is -4.69. The molecule has 2 aliphatic heterocycles. The average Bonchev–Trinajstić information content (AvgIpc) is 4.22. The summed E-state index contributed by atoms with van der Waals surface area (Å²) in [4.78, 5) is 28.9. The number of likely N-dealkylation sites (tertiary alicyclic amines) is 2. The van der Waals surface area contributed by atoms with E-state index in [2.05, 4.69) is 33.0 Å². The summed E-state index contributed by atoms with van der Waals surface area (Å²) < 4.78 is 152. The van der Waals surface area contributed by atoms with Crippen LogP contribution in [-0.2, 0) is 65.2 Å². The van der Waals surface area contributed by atoms with E-state index in [1.807, 2.05) is 23.9 Å². The molecule has 0 unspecified atom stereocenters. The maximum Gasteiger partial charge on any atom is 0.417 e. The van der Waals surface area contributed by atoms with Crippen molar-refractivity contribution in [3.8, 4) is 34.4 Å². The van der Waals surface area contributed by atoms with Crippen molar-refractivity contribution in [3.63, 3.8) is 0 Å². The van der Waals surface area contributed by atoms with Crippen LogP contribution >= 0.6 is 0 Å². The van der Waals surface area contributed by atoms with Gasteiger partial charge in [-0.15, -0.1) is 0 Å². The fraction of sp³-hybridized carbons (Fsp3) is 0.560. The molecule has 2 amide bonds. The van der Waals surface area contributed by atoms with E-state index in [0.717, 1.165) is 24.3 Å². The van der Waals surface area contributed by atoms with Crippen LogP contribution in [0, 0.1) is 34.5 Å². The van der Waals surface area contributed by atoms with E-state index < -0.39 is 110 Å². The van der Waals surface area contributed by atoms with Gasteiger partial charge in [0.1, 0.15) is 11.1 Å². The SMILES string of the molecule is CO[C@@H]1C[C@H](S(=O)(=O)c2ccc(-c3cnn(C)c3)cc2C(F)(F)F)C[C@H]1C(=O)NC1(C#N)CCN(C)CC1.CO[C@H]1C[C@@H](S(=O)(=O)c2ccc(-c3cnn(C)c3)cc2C(F)(F)F)C[C@@H]1C(=O)NC1(C#N)CCN(C)CC1. The molecule has 0 spiro atoms. The lowest BCUT2D eigenvalue weighted by molar-refractivity contribution is -0.140. The van der Waals surface area contributed by atoms with Crippen LogP contribution in [0.25, 0.3) is 22.3 Å². The Morgan fingerprint density at radius 2 is 0.947 bits per heavy atom. The Balaban J connectivity index is 0.000000221. The number of hydrogen-bond donors (Lipinski definition) is 2. The lowest BCUT2D eigenvalue weighted by Crippen LogP contribution is -2.55. The number of amides is 2. The van der Waals surface area contributed by atoms with Crippen LogP contribution < -0.4 is 10.6 Å². The van der Waals surface area contributed by atoms with Gasteiger partial charge < -0.3 is 29.9 Å². The van der Waals surface area contributed by atoms with Gasteiger partial charge in [-0.05, 0) is 101 Å². The van der Waals surface area contributed by atoms with Crippen molar-refractivity contribution in [3.05, 3.63) is 72.3 Å². The molecule has 412 valence electrons. The highest BCUT2D eigenvalue weighted by Crippen LogP contribution is 2.44. The Hall–Kier alpha value is -5.90. The van der Waals surface area contributed by atoms with Gasteiger partial charge in [-0.3, -0.25) is 19.0 Å². The zero-order valence-electron chi connectivity index (χ0n) is 42.7. The number of carbonyl (C=O) groups is 2. The Bertz CT molecular complexity index is 2890. The zero-order chi connectivity index (χ0) is 55.8. The molecule has 8 rings (SSSR count). The van der Waals surface area contributed by atoms with Gasteiger partial charge in [0.25, 0.3) is 0 Å². The third-order valence-electron chi connectivity index (χ3n) is 15.2. The first kappa shape index (κ1) is 57.8. The highest BCUT2D eigenvalue weighted by molar-refractivity contribution is 7.92. The van der Waals surface area contributed by atoms with Crippen LogP contribution in [0.1, 0.15) is 62.5 Å². The summed E-state index contributed by atoms with van der Waals surface area (Å²) in [6.45, 7) is 2.44. The number of alkyl halides is 6. The maximum absolute atomic E-state index is 14.1. The Kier molecular flexibility index (Phi) is 16.9. The minimum atomic E-state index is -4.93. The number of benzene rings is 2. The number of nitriles is 2. The topological polar surface area (TPSA) is 235 Å². The van der Waals surface area contributed by atoms with Crippen molar-refractivity contribution in [1.29, 1.82) is 10.5 Å². The average molecular weight is 1110 g/mol. The molecule has 76 heavy (non-hydrogen) atoms. The third kappa shape index (κ3) is 12.3. The molecule has 0 radical (unpaired) electrons. The first-order valence-corrected chi connectivity index (χ1v) is 27.5. The van der Waals surface area contributed by atoms with Crippen LogP contribution in [0.3, 0.4) is 0 Å². The molecular formula is C50H60F6N10O8S2. The number of rotatable bonds is 12. The number of aromatic nitrogens is 4. The molecule has 2 aliphatic carbocycles. The molecule has 2 saturated carbocycles. The summed E-state index contributed by atoms with van der Waals surface area (Å²) in [5, 5.41) is 30.5. The predicted molar refractivity (Wildman–Crippen MR) is 263 cm³/mol. The van der Waals surface area contributed by atoms with Gasteiger partial charge in [0, 0.05) is 78.0 Å². The molecule has 0 bridgehead atoms. The van der Waals surface area contributed by atoms with Gasteiger partial charge in [-0.25, -0.2) is 16.8 Å². The predicted octanol–water partition coefficient (Wildman–Crippen LogP) is 5.55. The second-order valence-corrected chi connectivity index (χ2v) is 24.6. The van der Waals surface area contributed by atoms with Gasteiger partial charge in [0.15, 0.2) is 19.7 Å². The Labute approximate surface area is 437 Å². The molecule has 2 saturated heterocycles. The van der Waals surface area contributed by atoms with Crippen molar-refractivity contribution >= 4 is 31.5 Å². The van der Waals surface area contributed by atoms with Gasteiger partial charge in [-0.2, -0.15) is 47.1 Å². The van der Waals surface area contributed by atoms with Crippen molar-refractivity contribution in [2.45, 2.75) is 107 Å². The minimum Gasteiger partial charge on any atom is -0.381 e. The highest BCUT2D eigenvalue weighted by Gasteiger charge is 2.51. The summed E-state index contributed by atoms with van der Waals surface area (Å²) >= 11 is 0. The number of nitrogens with one attached hydrogen (secondary N) is 2. The molecule has 6 atom stereocenters. The van der Waals surface area contributed by atoms with Gasteiger partial charge in [0.05, 0.1) is 80.0 Å². The number of carbonyl (C=O) groups excluding carboxylic acids is 2. The molecule has 18 nitrogen and oxygen atoms in total. The van der Waals surface area contributed by atoms with E-state index >= 15 is 0 Å². The van der Waals surface area contributed by atoms with Gasteiger partial charge >= 0.3 is 12.4 Å². The van der Waals surface area contributed by atoms with Crippen molar-refractivity contribution in [1.82, 2.24) is 40.0 Å². The van der Waals surface area contributed by atoms with Crippen LogP contribution in [-0.4, -0.2) is 146 Å². The van der Waals surface area contributed by atoms with Crippen LogP contribution in [0.4, 0.5) is 26.3 Å². The van der Waals surface area contributed by atoms with E-state index in [1.54, 1.807) is 14.1 Å². The number of nitrogens with zero attached hydrogens (tertiary/aromatic N) is 8. The van der Waals surface area contributed by atoms with Gasteiger partial charge in [0.2, 0.25) is 11.8 Å². The molecule has 2 aromatic carbocycles. The molecule has 4 fully saturated rings. The van der Waals surface area contributed by atoms with Crippen LogP contribution in [0.5, 0.6) is 0 Å². The highest BCUT2D eigenvalue weighted by atomic mass is 32.2. The molecule has 4 heterocycles. The van der Waals surface area contributed by atoms with E-state index in [4.69, 9.17) is 9.47 Å². The van der Waals surface area contributed by atoms with E-state index in [9.17, 15) is 63.3 Å². The molecule has 2 N–H and O–H groups in total. The molecule has 26 heteroatoms. The van der Waals surface area contributed by atoms with Crippen LogP contribution in [0.15, 0.2) is 71.0 Å². The fourth-order valence-corrected chi connectivity index (χ4v) is 14.5. The number of aryl methyl sites for hydroxylation is 2. The fourth-order valence-electron chi connectivity index (χ4n) is 10.5. The standard InChI is InChI=1S/2C25H30F3N5O4S/c2*1-32-8-6-24(15-29,7-9-32)31-23(34)19-11-18(12-21(19)37-3)38(35,36)22-5-4-16(10-20(22)25(26,27)28)17-13-30-33(2)14-17/h2*4-5,10,13-14,18-19,21H,6-9,11-12H2,1-3H3,(H,31,34)/t2*18-,19-,21-/m10/s1. The second-order valence-electron chi connectivity index (χ2n) is 20.2. The summed E-state index contributed by atoms with van der Waals surface area (Å²) in [7, 11) is 0.754. The summed E-state index contributed by atoms with van der Waals surface area (Å²) in [5.74, 6) is -2.89. The first-order valence-electron chi connectivity index (χ1n) is 24.4. The lowest BCUT2D eigenvalue weighted by Gasteiger charge is -2.37. The quantitative estimate of drug-likeness (QED) is 0.166. The largest absolute Gasteiger partial charge is 0.417 e. The van der Waals surface area contributed by atoms with E-state index in [-0.39, 0.29) is 36.8 Å². The monoisotopic (exact) mass is 1110 g/mol. The molecule has 4 aromatic rings. The van der Waals surface area contributed by atoms with Crippen LogP contribution in [0.2, 0.25) is 0 Å². The van der Waals surface area contributed by atoms with E-state index in [0.29, 0.717) is 63.0 Å². The maximum atomic E-state index is 14.1. The number of piperidine rings is 2. The molecule has 4 aliphatic rings. The number of hydrogen-bond acceptors (Lipinski definition) is 14. The normalized spacial score (nSPS) is 24.2. The molecular weight excluding hydrogens is 1050 g/mol. The number of halogens is 6. The number of sulfone groups is 2. The number of ether oxygens (including phenoxy) is 2. The lowest BCUT2D eigenvalue weighted by atomic mass is 9.88. The minimum absolute atomic E-state index is 0.138. The van der Waals surface area contributed by atoms with Crippen molar-refractivity contribution < 1.29 is 62.2 Å². The Morgan fingerprint density at radius 1 is 0.605 bits per heavy atom. The third-order valence-corrected chi connectivity index (χ3v) is 19.6. The Morgan fingerprint density at radius 3 is 1.22 bits per heavy atom. The smallest absolute Gasteiger partial charge is 0.381 e. The van der Waals surface area contributed by atoms with Gasteiger partial charge in [-0.1, -0.05) is 12.1 Å². The summed E-state index contributed by atoms with van der Waals surface area (Å²) in [6, 6.07) is 10.6. The molecule has 2 aromatic heterocycles. The zero-order valence-corrected chi connectivity index (χ0v) is 44.3. The number of methoxy groups -OCH3 is 2. The first-order chi connectivity index (χ1) is 35.6. The summed E-state index contributed by atoms with van der Waals surface area (Å²) in [5.41, 5.74) is -3.50. The van der Waals surface area contributed by atoms with E-state index in [1.165, 1.54) is 60.5 Å².